The van der Waals surface area contributed by atoms with Gasteiger partial charge in [0.25, 0.3) is 5.91 Å². The second-order valence-electron chi connectivity index (χ2n) is 9.52. The van der Waals surface area contributed by atoms with Gasteiger partial charge in [0.2, 0.25) is 5.91 Å². The number of para-hydroxylation sites is 2. The Morgan fingerprint density at radius 3 is 2.13 bits per heavy atom. The van der Waals surface area contributed by atoms with Crippen LogP contribution in [0.5, 0.6) is 0 Å². The number of thioether (sulfide) groups is 1. The van der Waals surface area contributed by atoms with Crippen molar-refractivity contribution in [1.29, 1.82) is 0 Å². The van der Waals surface area contributed by atoms with Crippen LogP contribution >= 0.6 is 23.5 Å². The molecule has 0 spiro atoms. The zero-order chi connectivity index (χ0) is 26.8. The van der Waals surface area contributed by atoms with Crippen molar-refractivity contribution in [3.63, 3.8) is 0 Å². The summed E-state index contributed by atoms with van der Waals surface area (Å²) in [6.07, 6.45) is 0. The minimum absolute atomic E-state index is 0.0344. The van der Waals surface area contributed by atoms with E-state index in [9.17, 15) is 9.59 Å². The number of aryl methyl sites for hydroxylation is 1. The lowest BCUT2D eigenvalue weighted by Crippen LogP contribution is -2.33. The summed E-state index contributed by atoms with van der Waals surface area (Å²) in [5.41, 5.74) is 3.48. The third-order valence-corrected chi connectivity index (χ3v) is 8.56. The summed E-state index contributed by atoms with van der Waals surface area (Å²) >= 11 is 3.02. The molecule has 3 aromatic carbocycles. The van der Waals surface area contributed by atoms with Crippen LogP contribution in [0.15, 0.2) is 87.7 Å². The lowest BCUT2D eigenvalue weighted by atomic mass is 10.0. The molecular formula is C29H29N5O2S2. The first-order valence-corrected chi connectivity index (χ1v) is 14.2. The summed E-state index contributed by atoms with van der Waals surface area (Å²) < 4.78 is 1.87. The van der Waals surface area contributed by atoms with Gasteiger partial charge in [-0.05, 0) is 49.2 Å². The normalized spacial score (nSPS) is 13.1. The number of anilines is 2. The van der Waals surface area contributed by atoms with Gasteiger partial charge in [0.1, 0.15) is 0 Å². The van der Waals surface area contributed by atoms with Gasteiger partial charge in [0, 0.05) is 22.4 Å². The van der Waals surface area contributed by atoms with Crippen molar-refractivity contribution >= 4 is 46.7 Å². The lowest BCUT2D eigenvalue weighted by Gasteiger charge is -2.30. The summed E-state index contributed by atoms with van der Waals surface area (Å²) in [6, 6.07) is 23.1. The predicted octanol–water partition coefficient (Wildman–Crippen LogP) is 6.17. The van der Waals surface area contributed by atoms with E-state index in [1.165, 1.54) is 11.8 Å². The number of rotatable bonds is 7. The van der Waals surface area contributed by atoms with E-state index in [0.29, 0.717) is 16.5 Å². The van der Waals surface area contributed by atoms with Crippen LogP contribution in [-0.2, 0) is 11.8 Å². The maximum atomic E-state index is 13.6. The van der Waals surface area contributed by atoms with E-state index >= 15 is 0 Å². The Labute approximate surface area is 231 Å². The number of nitrogens with one attached hydrogen (secondary N) is 1. The smallest absolute Gasteiger partial charge is 0.251 e. The fourth-order valence-electron chi connectivity index (χ4n) is 4.35. The molecule has 38 heavy (non-hydrogen) atoms. The summed E-state index contributed by atoms with van der Waals surface area (Å²) in [4.78, 5) is 30.4. The molecule has 5 rings (SSSR count). The monoisotopic (exact) mass is 543 g/mol. The van der Waals surface area contributed by atoms with Gasteiger partial charge in [-0.3, -0.25) is 14.5 Å². The Hall–Kier alpha value is -3.56. The highest BCUT2D eigenvalue weighted by Crippen LogP contribution is 2.48. The second kappa shape index (κ2) is 11.0. The predicted molar refractivity (Wildman–Crippen MR) is 152 cm³/mol. The van der Waals surface area contributed by atoms with Crippen LogP contribution in [-0.4, -0.2) is 32.3 Å². The number of nitrogens with zero attached hydrogens (tertiary/aromatic N) is 4. The Morgan fingerprint density at radius 2 is 1.53 bits per heavy atom. The van der Waals surface area contributed by atoms with Crippen molar-refractivity contribution in [2.45, 2.75) is 41.8 Å². The zero-order valence-electron chi connectivity index (χ0n) is 21.7. The van der Waals surface area contributed by atoms with Gasteiger partial charge in [0.05, 0.1) is 23.2 Å². The number of benzene rings is 3. The van der Waals surface area contributed by atoms with Crippen LogP contribution in [0.3, 0.4) is 0 Å². The number of carbonyl (C=O) groups excluding carboxylic acids is 2. The topological polar surface area (TPSA) is 80.1 Å². The first-order chi connectivity index (χ1) is 18.3. The van der Waals surface area contributed by atoms with Crippen LogP contribution in [0.25, 0.3) is 0 Å². The molecule has 1 N–H and O–H groups in total. The molecule has 194 valence electrons. The van der Waals surface area contributed by atoms with E-state index in [2.05, 4.69) is 15.5 Å². The summed E-state index contributed by atoms with van der Waals surface area (Å²) in [7, 11) is 1.87. The third kappa shape index (κ3) is 5.21. The Kier molecular flexibility index (Phi) is 7.58. The van der Waals surface area contributed by atoms with Crippen molar-refractivity contribution in [2.24, 2.45) is 13.0 Å². The number of hydrogen-bond donors (Lipinski definition) is 1. The highest BCUT2D eigenvalue weighted by Gasteiger charge is 2.29. The average molecular weight is 544 g/mol. The zero-order valence-corrected chi connectivity index (χ0v) is 23.3. The molecule has 2 amide bonds. The number of amides is 2. The van der Waals surface area contributed by atoms with Crippen molar-refractivity contribution < 1.29 is 9.59 Å². The fraction of sp³-hybridized carbons (Fsp3) is 0.241. The molecule has 1 atom stereocenters. The minimum Gasteiger partial charge on any atom is -0.342 e. The number of hydrogen-bond acceptors (Lipinski definition) is 6. The van der Waals surface area contributed by atoms with E-state index in [4.69, 9.17) is 0 Å². The maximum Gasteiger partial charge on any atom is 0.251 e. The van der Waals surface area contributed by atoms with Gasteiger partial charge >= 0.3 is 0 Å². The standard InChI is InChI=1S/C29H29N5O2S2/c1-18(2)26(30-28(36)20-15-13-19(3)14-16-20)27-31-32-29(33(27)4)37-17-25(35)34-21-9-5-7-11-23(21)38-24-12-8-6-10-22(24)34/h5-16,18,26H,17H2,1-4H3,(H,30,36). The van der Waals surface area contributed by atoms with Crippen molar-refractivity contribution in [1.82, 2.24) is 20.1 Å². The van der Waals surface area contributed by atoms with E-state index in [1.54, 1.807) is 16.7 Å². The van der Waals surface area contributed by atoms with Crippen molar-refractivity contribution in [3.8, 4) is 0 Å². The molecule has 0 bridgehead atoms. The van der Waals surface area contributed by atoms with Crippen LogP contribution in [0.4, 0.5) is 11.4 Å². The van der Waals surface area contributed by atoms with Gasteiger partial charge < -0.3 is 9.88 Å². The molecule has 7 nitrogen and oxygen atoms in total. The lowest BCUT2D eigenvalue weighted by molar-refractivity contribution is -0.115. The van der Waals surface area contributed by atoms with Crippen LogP contribution in [0.2, 0.25) is 0 Å². The van der Waals surface area contributed by atoms with E-state index in [-0.39, 0.29) is 29.5 Å². The van der Waals surface area contributed by atoms with Crippen LogP contribution < -0.4 is 10.2 Å². The molecule has 1 unspecified atom stereocenters. The summed E-state index contributed by atoms with van der Waals surface area (Å²) in [6.45, 7) is 6.06. The fourth-order valence-corrected chi connectivity index (χ4v) is 6.17. The van der Waals surface area contributed by atoms with Crippen molar-refractivity contribution in [3.05, 3.63) is 89.7 Å². The largest absolute Gasteiger partial charge is 0.342 e. The maximum absolute atomic E-state index is 13.6. The van der Waals surface area contributed by atoms with Gasteiger partial charge in [-0.25, -0.2) is 0 Å². The Bertz CT molecular complexity index is 1440. The molecule has 9 heteroatoms. The number of carbonyl (C=O) groups is 2. The first kappa shape index (κ1) is 26.1. The molecule has 0 saturated carbocycles. The van der Waals surface area contributed by atoms with Gasteiger partial charge in [-0.1, -0.05) is 79.3 Å². The Balaban J connectivity index is 1.33. The Morgan fingerprint density at radius 1 is 0.921 bits per heavy atom. The summed E-state index contributed by atoms with van der Waals surface area (Å²) in [5.74, 6) is 0.747. The molecule has 1 aromatic heterocycles. The quantitative estimate of drug-likeness (QED) is 0.281. The highest BCUT2D eigenvalue weighted by molar-refractivity contribution is 8.00. The van der Waals surface area contributed by atoms with Gasteiger partial charge in [-0.2, -0.15) is 0 Å². The second-order valence-corrected chi connectivity index (χ2v) is 11.5. The van der Waals surface area contributed by atoms with E-state index in [0.717, 1.165) is 26.7 Å². The average Bonchev–Trinajstić information content (AvgIpc) is 3.28. The number of fused-ring (bicyclic) bond motifs is 2. The minimum atomic E-state index is -0.329. The third-order valence-electron chi connectivity index (χ3n) is 6.42. The van der Waals surface area contributed by atoms with E-state index in [1.807, 2.05) is 105 Å². The molecule has 0 radical (unpaired) electrons. The SMILES string of the molecule is Cc1ccc(C(=O)NC(c2nnc(SCC(=O)N3c4ccccc4Sc4ccccc43)n2C)C(C)C)cc1. The van der Waals surface area contributed by atoms with E-state index < -0.39 is 0 Å². The molecule has 0 saturated heterocycles. The number of aromatic nitrogens is 3. The molecule has 0 aliphatic carbocycles. The van der Waals surface area contributed by atoms with Crippen molar-refractivity contribution in [2.75, 3.05) is 10.7 Å². The molecule has 0 fully saturated rings. The van der Waals surface area contributed by atoms with Gasteiger partial charge in [-0.15, -0.1) is 10.2 Å². The van der Waals surface area contributed by atoms with Gasteiger partial charge in [0.15, 0.2) is 11.0 Å². The van der Waals surface area contributed by atoms with Crippen LogP contribution in [0.1, 0.15) is 41.6 Å². The first-order valence-electron chi connectivity index (χ1n) is 12.4. The summed E-state index contributed by atoms with van der Waals surface area (Å²) in [5, 5.41) is 12.5. The molecule has 1 aliphatic heterocycles. The van der Waals surface area contributed by atoms with Crippen LogP contribution in [0, 0.1) is 12.8 Å². The molecule has 2 heterocycles. The highest BCUT2D eigenvalue weighted by atomic mass is 32.2. The molecule has 1 aliphatic rings. The molecular weight excluding hydrogens is 514 g/mol. The molecule has 4 aromatic rings.